The van der Waals surface area contributed by atoms with Crippen LogP contribution in [0, 0.1) is 19.7 Å². The summed E-state index contributed by atoms with van der Waals surface area (Å²) in [6, 6.07) is 3.34. The number of aliphatic carboxylic acids is 1. The van der Waals surface area contributed by atoms with E-state index in [-0.39, 0.29) is 24.7 Å². The van der Waals surface area contributed by atoms with Gasteiger partial charge in [-0.05, 0) is 37.1 Å². The maximum absolute atomic E-state index is 13.4. The number of hydrogen-bond donors (Lipinski definition) is 2. The molecule has 0 aliphatic heterocycles. The monoisotopic (exact) mass is 225 g/mol. The predicted molar refractivity (Wildman–Crippen MR) is 59.9 cm³/mol. The summed E-state index contributed by atoms with van der Waals surface area (Å²) < 4.78 is 13.4. The lowest BCUT2D eigenvalue weighted by Gasteiger charge is -2.15. The van der Waals surface area contributed by atoms with Crippen LogP contribution in [0.15, 0.2) is 12.1 Å². The largest absolute Gasteiger partial charge is 0.481 e. The molecule has 0 aromatic heterocycles. The van der Waals surface area contributed by atoms with Crippen LogP contribution in [0.1, 0.15) is 29.0 Å². The van der Waals surface area contributed by atoms with Gasteiger partial charge in [0.15, 0.2) is 0 Å². The number of aryl methyl sites for hydroxylation is 2. The predicted octanol–water partition coefficient (Wildman–Crippen LogP) is 1.96. The van der Waals surface area contributed by atoms with Crippen LogP contribution < -0.4 is 5.73 Å². The van der Waals surface area contributed by atoms with Gasteiger partial charge in [-0.3, -0.25) is 4.79 Å². The SMILES string of the molecule is Cc1cc(C(CN)CC(=O)O)cc(C)c1F. The molecule has 3 N–H and O–H groups in total. The van der Waals surface area contributed by atoms with Crippen molar-refractivity contribution in [2.24, 2.45) is 5.73 Å². The van der Waals surface area contributed by atoms with Crippen LogP contribution in [0.3, 0.4) is 0 Å². The normalized spacial score (nSPS) is 12.5. The van der Waals surface area contributed by atoms with Gasteiger partial charge in [0.05, 0.1) is 6.42 Å². The summed E-state index contributed by atoms with van der Waals surface area (Å²) in [6.45, 7) is 3.58. The number of rotatable bonds is 4. The highest BCUT2D eigenvalue weighted by Gasteiger charge is 2.16. The lowest BCUT2D eigenvalue weighted by Crippen LogP contribution is -2.16. The summed E-state index contributed by atoms with van der Waals surface area (Å²) in [5, 5.41) is 8.74. The van der Waals surface area contributed by atoms with E-state index in [2.05, 4.69) is 0 Å². The molecule has 0 aliphatic rings. The summed E-state index contributed by atoms with van der Waals surface area (Å²) >= 11 is 0. The average Bonchev–Trinajstić information content (AvgIpc) is 2.21. The highest BCUT2D eigenvalue weighted by atomic mass is 19.1. The van der Waals surface area contributed by atoms with E-state index in [1.54, 1.807) is 26.0 Å². The average molecular weight is 225 g/mol. The minimum atomic E-state index is -0.893. The number of benzene rings is 1. The lowest BCUT2D eigenvalue weighted by molar-refractivity contribution is -0.137. The molecule has 0 saturated carbocycles. The Morgan fingerprint density at radius 3 is 2.31 bits per heavy atom. The molecule has 0 amide bonds. The van der Waals surface area contributed by atoms with Crippen LogP contribution >= 0.6 is 0 Å². The summed E-state index contributed by atoms with van der Waals surface area (Å²) in [7, 11) is 0. The van der Waals surface area contributed by atoms with Crippen LogP contribution in [0.25, 0.3) is 0 Å². The number of carboxylic acids is 1. The van der Waals surface area contributed by atoms with Crippen molar-refractivity contribution in [1.82, 2.24) is 0 Å². The Morgan fingerprint density at radius 1 is 1.44 bits per heavy atom. The second kappa shape index (κ2) is 5.07. The van der Waals surface area contributed by atoms with Gasteiger partial charge in [-0.1, -0.05) is 12.1 Å². The maximum atomic E-state index is 13.4. The van der Waals surface area contributed by atoms with E-state index >= 15 is 0 Å². The molecule has 3 nitrogen and oxygen atoms in total. The quantitative estimate of drug-likeness (QED) is 0.823. The maximum Gasteiger partial charge on any atom is 0.304 e. The number of carboxylic acid groups (broad SMARTS) is 1. The standard InChI is InChI=1S/C12H16FNO2/c1-7-3-9(4-8(2)12(7)13)10(6-14)5-11(15)16/h3-4,10H,5-6,14H2,1-2H3,(H,15,16). The molecule has 1 aromatic carbocycles. The Hall–Kier alpha value is -1.42. The molecule has 0 heterocycles. The smallest absolute Gasteiger partial charge is 0.304 e. The number of hydrogen-bond acceptors (Lipinski definition) is 2. The zero-order chi connectivity index (χ0) is 12.3. The molecule has 88 valence electrons. The fourth-order valence-corrected chi connectivity index (χ4v) is 1.76. The van der Waals surface area contributed by atoms with Crippen molar-refractivity contribution >= 4 is 5.97 Å². The fourth-order valence-electron chi connectivity index (χ4n) is 1.76. The van der Waals surface area contributed by atoms with Crippen molar-refractivity contribution in [1.29, 1.82) is 0 Å². The molecule has 0 fully saturated rings. The van der Waals surface area contributed by atoms with Gasteiger partial charge in [0, 0.05) is 5.92 Å². The zero-order valence-electron chi connectivity index (χ0n) is 9.46. The van der Waals surface area contributed by atoms with Gasteiger partial charge in [0.1, 0.15) is 5.82 Å². The van der Waals surface area contributed by atoms with Gasteiger partial charge < -0.3 is 10.8 Å². The minimum absolute atomic E-state index is 0.0268. The lowest BCUT2D eigenvalue weighted by atomic mass is 9.93. The first-order valence-electron chi connectivity index (χ1n) is 5.14. The molecule has 1 rings (SSSR count). The number of carbonyl (C=O) groups is 1. The molecule has 1 atom stereocenters. The summed E-state index contributed by atoms with van der Waals surface area (Å²) in [6.07, 6.45) is -0.0268. The summed E-state index contributed by atoms with van der Waals surface area (Å²) in [5.74, 6) is -1.39. The second-order valence-corrected chi connectivity index (χ2v) is 4.00. The first-order chi connectivity index (χ1) is 7.45. The van der Waals surface area contributed by atoms with Crippen molar-refractivity contribution < 1.29 is 14.3 Å². The van der Waals surface area contributed by atoms with Crippen molar-refractivity contribution in [3.63, 3.8) is 0 Å². The van der Waals surface area contributed by atoms with E-state index in [1.807, 2.05) is 0 Å². The number of nitrogens with two attached hydrogens (primary N) is 1. The molecule has 0 spiro atoms. The van der Waals surface area contributed by atoms with E-state index in [0.29, 0.717) is 11.1 Å². The first-order valence-corrected chi connectivity index (χ1v) is 5.14. The third-order valence-corrected chi connectivity index (χ3v) is 2.64. The Morgan fingerprint density at radius 2 is 1.94 bits per heavy atom. The van der Waals surface area contributed by atoms with E-state index in [9.17, 15) is 9.18 Å². The van der Waals surface area contributed by atoms with Crippen LogP contribution in [0.4, 0.5) is 4.39 Å². The van der Waals surface area contributed by atoms with Crippen molar-refractivity contribution in [3.8, 4) is 0 Å². The molecule has 0 radical (unpaired) electrons. The molecule has 0 saturated heterocycles. The number of halogens is 1. The molecule has 1 aromatic rings. The van der Waals surface area contributed by atoms with Crippen LogP contribution in [0.2, 0.25) is 0 Å². The highest BCUT2D eigenvalue weighted by molar-refractivity contribution is 5.68. The van der Waals surface area contributed by atoms with Crippen LogP contribution in [0.5, 0.6) is 0 Å². The Balaban J connectivity index is 3.06. The van der Waals surface area contributed by atoms with Crippen LogP contribution in [-0.4, -0.2) is 17.6 Å². The molecule has 0 aliphatic carbocycles. The molecule has 0 bridgehead atoms. The van der Waals surface area contributed by atoms with Gasteiger partial charge in [-0.2, -0.15) is 0 Å². The summed E-state index contributed by atoms with van der Waals surface area (Å²) in [5.41, 5.74) is 7.38. The Bertz CT molecular complexity index is 381. The Kier molecular flexibility index (Phi) is 4.01. The van der Waals surface area contributed by atoms with Crippen molar-refractivity contribution in [3.05, 3.63) is 34.6 Å². The molecule has 4 heteroatoms. The van der Waals surface area contributed by atoms with Gasteiger partial charge in [0.2, 0.25) is 0 Å². The minimum Gasteiger partial charge on any atom is -0.481 e. The topological polar surface area (TPSA) is 63.3 Å². The van der Waals surface area contributed by atoms with Crippen molar-refractivity contribution in [2.75, 3.05) is 6.54 Å². The van der Waals surface area contributed by atoms with Gasteiger partial charge in [-0.15, -0.1) is 0 Å². The summed E-state index contributed by atoms with van der Waals surface area (Å²) in [4.78, 5) is 10.6. The van der Waals surface area contributed by atoms with E-state index < -0.39 is 5.97 Å². The van der Waals surface area contributed by atoms with Gasteiger partial charge >= 0.3 is 5.97 Å². The van der Waals surface area contributed by atoms with E-state index in [4.69, 9.17) is 10.8 Å². The van der Waals surface area contributed by atoms with Gasteiger partial charge in [0.25, 0.3) is 0 Å². The third kappa shape index (κ3) is 2.79. The molecule has 16 heavy (non-hydrogen) atoms. The van der Waals surface area contributed by atoms with E-state index in [1.165, 1.54) is 0 Å². The zero-order valence-corrected chi connectivity index (χ0v) is 9.46. The molecular weight excluding hydrogens is 209 g/mol. The second-order valence-electron chi connectivity index (χ2n) is 4.00. The Labute approximate surface area is 94.1 Å². The molecule has 1 unspecified atom stereocenters. The van der Waals surface area contributed by atoms with Crippen molar-refractivity contribution in [2.45, 2.75) is 26.2 Å². The third-order valence-electron chi connectivity index (χ3n) is 2.64. The van der Waals surface area contributed by atoms with Crippen LogP contribution in [-0.2, 0) is 4.79 Å². The van der Waals surface area contributed by atoms with Gasteiger partial charge in [-0.25, -0.2) is 4.39 Å². The first kappa shape index (κ1) is 12.6. The molecular formula is C12H16FNO2. The highest BCUT2D eigenvalue weighted by Crippen LogP contribution is 2.23. The van der Waals surface area contributed by atoms with E-state index in [0.717, 1.165) is 5.56 Å². The fraction of sp³-hybridized carbons (Fsp3) is 0.417.